The van der Waals surface area contributed by atoms with Gasteiger partial charge >= 0.3 is 5.97 Å². The molecular weight excluding hydrogens is 298 g/mol. The van der Waals surface area contributed by atoms with Gasteiger partial charge in [0.05, 0.1) is 13.0 Å². The normalized spacial score (nSPS) is 12.0. The van der Waals surface area contributed by atoms with Crippen molar-refractivity contribution in [1.82, 2.24) is 5.32 Å². The fourth-order valence-corrected chi connectivity index (χ4v) is 2.33. The van der Waals surface area contributed by atoms with Crippen molar-refractivity contribution in [3.05, 3.63) is 35.9 Å². The molecule has 0 aromatic heterocycles. The van der Waals surface area contributed by atoms with Crippen molar-refractivity contribution in [2.45, 2.75) is 32.7 Å². The summed E-state index contributed by atoms with van der Waals surface area (Å²) in [6.45, 7) is 4.35. The fourth-order valence-electron chi connectivity index (χ4n) is 1.86. The van der Waals surface area contributed by atoms with E-state index in [4.69, 9.17) is 4.74 Å². The fraction of sp³-hybridized carbons (Fsp3) is 0.529. The minimum absolute atomic E-state index is 0.154. The Kier molecular flexibility index (Phi) is 8.67. The number of rotatable bonds is 9. The van der Waals surface area contributed by atoms with Crippen molar-refractivity contribution in [3.8, 4) is 0 Å². The minimum atomic E-state index is -0.567. The Morgan fingerprint density at radius 1 is 1.23 bits per heavy atom. The lowest BCUT2D eigenvalue weighted by molar-refractivity contribution is -0.148. The van der Waals surface area contributed by atoms with Crippen LogP contribution in [-0.4, -0.2) is 36.5 Å². The molecule has 4 nitrogen and oxygen atoms in total. The Labute approximate surface area is 137 Å². The summed E-state index contributed by atoms with van der Waals surface area (Å²) in [5.41, 5.74) is 0.930. The van der Waals surface area contributed by atoms with Crippen molar-refractivity contribution in [2.75, 3.05) is 18.6 Å². The van der Waals surface area contributed by atoms with Crippen molar-refractivity contribution < 1.29 is 14.3 Å². The van der Waals surface area contributed by atoms with Crippen LogP contribution in [-0.2, 0) is 20.7 Å². The molecule has 0 aliphatic rings. The van der Waals surface area contributed by atoms with Gasteiger partial charge < -0.3 is 10.1 Å². The van der Waals surface area contributed by atoms with Gasteiger partial charge in [0.2, 0.25) is 5.91 Å². The average Bonchev–Trinajstić information content (AvgIpc) is 2.50. The predicted octanol–water partition coefficient (Wildman–Crippen LogP) is 2.67. The Hall–Kier alpha value is -1.49. The summed E-state index contributed by atoms with van der Waals surface area (Å²) in [5, 5.41) is 2.80. The lowest BCUT2D eigenvalue weighted by Gasteiger charge is -2.18. The zero-order chi connectivity index (χ0) is 16.4. The summed E-state index contributed by atoms with van der Waals surface area (Å²) in [6.07, 6.45) is 2.83. The predicted molar refractivity (Wildman–Crippen MR) is 90.9 cm³/mol. The van der Waals surface area contributed by atoms with Crippen LogP contribution in [0.15, 0.2) is 30.3 Å². The van der Waals surface area contributed by atoms with Crippen molar-refractivity contribution >= 4 is 23.6 Å². The molecule has 0 fully saturated rings. The van der Waals surface area contributed by atoms with E-state index in [0.29, 0.717) is 13.0 Å². The highest BCUT2D eigenvalue weighted by Crippen LogP contribution is 2.06. The first-order chi connectivity index (χ1) is 10.5. The third-order valence-electron chi connectivity index (χ3n) is 3.00. The number of benzene rings is 1. The smallest absolute Gasteiger partial charge is 0.328 e. The van der Waals surface area contributed by atoms with Crippen LogP contribution in [0.25, 0.3) is 0 Å². The van der Waals surface area contributed by atoms with Crippen LogP contribution in [0.5, 0.6) is 0 Å². The van der Waals surface area contributed by atoms with Gasteiger partial charge in [-0.1, -0.05) is 44.2 Å². The lowest BCUT2D eigenvalue weighted by atomic mass is 10.1. The minimum Gasteiger partial charge on any atom is -0.464 e. The Bertz CT molecular complexity index is 462. The maximum absolute atomic E-state index is 12.1. The molecular formula is C17H25NO3S. The highest BCUT2D eigenvalue weighted by atomic mass is 32.2. The second kappa shape index (κ2) is 10.3. The van der Waals surface area contributed by atoms with Crippen LogP contribution >= 0.6 is 11.8 Å². The summed E-state index contributed by atoms with van der Waals surface area (Å²) in [5.74, 6) is 0.584. The third-order valence-corrected chi connectivity index (χ3v) is 3.64. The SMILES string of the molecule is CSCCC(NC(=O)Cc1ccccc1)C(=O)OCC(C)C. The van der Waals surface area contributed by atoms with E-state index in [1.807, 2.05) is 50.4 Å². The first-order valence-electron chi connectivity index (χ1n) is 7.51. The molecule has 1 aromatic rings. The summed E-state index contributed by atoms with van der Waals surface area (Å²) < 4.78 is 5.25. The number of carbonyl (C=O) groups is 2. The van der Waals surface area contributed by atoms with Crippen molar-refractivity contribution in [3.63, 3.8) is 0 Å². The number of carbonyl (C=O) groups excluding carboxylic acids is 2. The summed E-state index contributed by atoms with van der Waals surface area (Å²) in [6, 6.07) is 8.92. The van der Waals surface area contributed by atoms with Gasteiger partial charge in [-0.3, -0.25) is 4.79 Å². The van der Waals surface area contributed by atoms with E-state index in [1.165, 1.54) is 0 Å². The van der Waals surface area contributed by atoms with Crippen LogP contribution in [0, 0.1) is 5.92 Å². The monoisotopic (exact) mass is 323 g/mol. The van der Waals surface area contributed by atoms with E-state index in [-0.39, 0.29) is 24.2 Å². The number of thioether (sulfide) groups is 1. The first-order valence-corrected chi connectivity index (χ1v) is 8.91. The summed E-state index contributed by atoms with van der Waals surface area (Å²) >= 11 is 1.64. The van der Waals surface area contributed by atoms with E-state index in [2.05, 4.69) is 5.32 Å². The van der Waals surface area contributed by atoms with E-state index in [0.717, 1.165) is 11.3 Å². The molecule has 0 spiro atoms. The topological polar surface area (TPSA) is 55.4 Å². The molecule has 0 heterocycles. The van der Waals surface area contributed by atoms with Crippen molar-refractivity contribution in [1.29, 1.82) is 0 Å². The van der Waals surface area contributed by atoms with Crippen LogP contribution in [0.1, 0.15) is 25.8 Å². The zero-order valence-electron chi connectivity index (χ0n) is 13.5. The van der Waals surface area contributed by atoms with Gasteiger partial charge in [-0.25, -0.2) is 4.79 Å². The zero-order valence-corrected chi connectivity index (χ0v) is 14.3. The average molecular weight is 323 g/mol. The van der Waals surface area contributed by atoms with E-state index < -0.39 is 6.04 Å². The van der Waals surface area contributed by atoms with Gasteiger partial charge in [0.25, 0.3) is 0 Å². The van der Waals surface area contributed by atoms with Gasteiger partial charge in [-0.2, -0.15) is 11.8 Å². The van der Waals surface area contributed by atoms with E-state index >= 15 is 0 Å². The Balaban J connectivity index is 2.55. The van der Waals surface area contributed by atoms with Gasteiger partial charge in [0, 0.05) is 0 Å². The van der Waals surface area contributed by atoms with Gasteiger partial charge in [-0.15, -0.1) is 0 Å². The molecule has 1 amide bonds. The molecule has 0 aliphatic carbocycles. The van der Waals surface area contributed by atoms with Crippen LogP contribution in [0.3, 0.4) is 0 Å². The number of hydrogen-bond donors (Lipinski definition) is 1. The maximum Gasteiger partial charge on any atom is 0.328 e. The molecule has 1 unspecified atom stereocenters. The first kappa shape index (κ1) is 18.6. The second-order valence-corrected chi connectivity index (χ2v) is 6.57. The van der Waals surface area contributed by atoms with Crippen LogP contribution in [0.2, 0.25) is 0 Å². The standard InChI is InChI=1S/C17H25NO3S/c1-13(2)12-21-17(20)15(9-10-22-3)18-16(19)11-14-7-5-4-6-8-14/h4-8,13,15H,9-12H2,1-3H3,(H,18,19). The molecule has 1 atom stereocenters. The van der Waals surface area contributed by atoms with Crippen LogP contribution < -0.4 is 5.32 Å². The van der Waals surface area contributed by atoms with Crippen LogP contribution in [0.4, 0.5) is 0 Å². The van der Waals surface area contributed by atoms with Crippen molar-refractivity contribution in [2.24, 2.45) is 5.92 Å². The number of esters is 1. The second-order valence-electron chi connectivity index (χ2n) is 5.59. The molecule has 0 aliphatic heterocycles. The molecule has 0 bridgehead atoms. The molecule has 0 saturated heterocycles. The Morgan fingerprint density at radius 3 is 2.50 bits per heavy atom. The number of hydrogen-bond acceptors (Lipinski definition) is 4. The van der Waals surface area contributed by atoms with Gasteiger partial charge in [-0.05, 0) is 29.9 Å². The molecule has 1 rings (SSSR count). The molecule has 5 heteroatoms. The molecule has 122 valence electrons. The number of nitrogens with one attached hydrogen (secondary N) is 1. The van der Waals surface area contributed by atoms with Gasteiger partial charge in [0.15, 0.2) is 0 Å². The third kappa shape index (κ3) is 7.50. The molecule has 0 saturated carbocycles. The van der Waals surface area contributed by atoms with Gasteiger partial charge in [0.1, 0.15) is 6.04 Å². The van der Waals surface area contributed by atoms with E-state index in [1.54, 1.807) is 11.8 Å². The lowest BCUT2D eigenvalue weighted by Crippen LogP contribution is -2.43. The quantitative estimate of drug-likeness (QED) is 0.710. The molecule has 1 N–H and O–H groups in total. The largest absolute Gasteiger partial charge is 0.464 e. The molecule has 1 aromatic carbocycles. The van der Waals surface area contributed by atoms with E-state index in [9.17, 15) is 9.59 Å². The highest BCUT2D eigenvalue weighted by Gasteiger charge is 2.22. The molecule has 0 radical (unpaired) electrons. The highest BCUT2D eigenvalue weighted by molar-refractivity contribution is 7.98. The number of amides is 1. The summed E-state index contributed by atoms with van der Waals surface area (Å²) in [7, 11) is 0. The maximum atomic E-state index is 12.1. The summed E-state index contributed by atoms with van der Waals surface area (Å²) in [4.78, 5) is 24.2. The molecule has 22 heavy (non-hydrogen) atoms. The Morgan fingerprint density at radius 2 is 1.91 bits per heavy atom. The number of ether oxygens (including phenoxy) is 1.